The maximum atomic E-state index is 5.43. The normalized spacial score (nSPS) is 17.2. The molecule has 116 valence electrons. The number of hydrogen-bond acceptors (Lipinski definition) is 4. The lowest BCUT2D eigenvalue weighted by Gasteiger charge is -2.32. The molecule has 1 fully saturated rings. The van der Waals surface area contributed by atoms with E-state index in [4.69, 9.17) is 9.47 Å². The molecule has 0 radical (unpaired) electrons. The van der Waals surface area contributed by atoms with Crippen molar-refractivity contribution in [2.24, 2.45) is 0 Å². The van der Waals surface area contributed by atoms with Crippen LogP contribution in [-0.2, 0) is 4.74 Å². The molecule has 1 saturated heterocycles. The second-order valence-electron chi connectivity index (χ2n) is 5.56. The van der Waals surface area contributed by atoms with E-state index in [1.807, 2.05) is 30.6 Å². The van der Waals surface area contributed by atoms with Gasteiger partial charge in [0.15, 0.2) is 0 Å². The molecule has 2 heterocycles. The van der Waals surface area contributed by atoms with Gasteiger partial charge >= 0.3 is 0 Å². The third-order valence-corrected chi connectivity index (χ3v) is 4.24. The predicted molar refractivity (Wildman–Crippen MR) is 87.0 cm³/mol. The molecule has 1 aromatic heterocycles. The lowest BCUT2D eigenvalue weighted by atomic mass is 10.0. The SMILES string of the molecule is COc1cccc(-c2cncc(C(C)N3CCOCC3)c2)c1. The molecule has 0 spiro atoms. The molecule has 1 atom stereocenters. The van der Waals surface area contributed by atoms with E-state index >= 15 is 0 Å². The molecule has 0 N–H and O–H groups in total. The van der Waals surface area contributed by atoms with Gasteiger partial charge < -0.3 is 9.47 Å². The van der Waals surface area contributed by atoms with Crippen molar-refractivity contribution in [3.63, 3.8) is 0 Å². The highest BCUT2D eigenvalue weighted by molar-refractivity contribution is 5.64. The number of rotatable bonds is 4. The van der Waals surface area contributed by atoms with Crippen LogP contribution in [0.1, 0.15) is 18.5 Å². The molecule has 3 rings (SSSR count). The lowest BCUT2D eigenvalue weighted by molar-refractivity contribution is 0.0198. The Morgan fingerprint density at radius 2 is 1.95 bits per heavy atom. The third-order valence-electron chi connectivity index (χ3n) is 4.24. The maximum Gasteiger partial charge on any atom is 0.119 e. The average molecular weight is 298 g/mol. The molecule has 0 saturated carbocycles. The van der Waals surface area contributed by atoms with E-state index in [1.165, 1.54) is 5.56 Å². The van der Waals surface area contributed by atoms with Gasteiger partial charge in [0.05, 0.1) is 20.3 Å². The summed E-state index contributed by atoms with van der Waals surface area (Å²) in [5, 5.41) is 0. The topological polar surface area (TPSA) is 34.6 Å². The first-order chi connectivity index (χ1) is 10.8. The minimum Gasteiger partial charge on any atom is -0.497 e. The van der Waals surface area contributed by atoms with Crippen molar-refractivity contribution in [3.8, 4) is 16.9 Å². The van der Waals surface area contributed by atoms with Crippen molar-refractivity contribution in [2.75, 3.05) is 33.4 Å². The average Bonchev–Trinajstić information content (AvgIpc) is 2.62. The number of nitrogens with zero attached hydrogens (tertiary/aromatic N) is 2. The second kappa shape index (κ2) is 6.90. The first-order valence-corrected chi connectivity index (χ1v) is 7.69. The van der Waals surface area contributed by atoms with E-state index in [0.29, 0.717) is 6.04 Å². The first kappa shape index (κ1) is 15.0. The highest BCUT2D eigenvalue weighted by Crippen LogP contribution is 2.27. The van der Waals surface area contributed by atoms with Gasteiger partial charge in [0.25, 0.3) is 0 Å². The molecule has 4 nitrogen and oxygen atoms in total. The van der Waals surface area contributed by atoms with Crippen molar-refractivity contribution >= 4 is 0 Å². The number of morpholine rings is 1. The van der Waals surface area contributed by atoms with Crippen LogP contribution in [0.4, 0.5) is 0 Å². The van der Waals surface area contributed by atoms with Crippen LogP contribution in [0.3, 0.4) is 0 Å². The van der Waals surface area contributed by atoms with E-state index in [1.54, 1.807) is 7.11 Å². The molecule has 0 bridgehead atoms. The zero-order chi connectivity index (χ0) is 15.4. The van der Waals surface area contributed by atoms with Gasteiger partial charge in [-0.15, -0.1) is 0 Å². The summed E-state index contributed by atoms with van der Waals surface area (Å²) < 4.78 is 10.7. The second-order valence-corrected chi connectivity index (χ2v) is 5.56. The molecule has 1 aliphatic heterocycles. The third kappa shape index (κ3) is 3.29. The first-order valence-electron chi connectivity index (χ1n) is 7.69. The highest BCUT2D eigenvalue weighted by Gasteiger charge is 2.19. The van der Waals surface area contributed by atoms with Crippen molar-refractivity contribution in [3.05, 3.63) is 48.3 Å². The molecule has 1 aliphatic rings. The minimum absolute atomic E-state index is 0.349. The van der Waals surface area contributed by atoms with Gasteiger partial charge in [0.2, 0.25) is 0 Å². The summed E-state index contributed by atoms with van der Waals surface area (Å²) in [6.07, 6.45) is 3.87. The number of aromatic nitrogens is 1. The van der Waals surface area contributed by atoms with Gasteiger partial charge in [-0.1, -0.05) is 12.1 Å². The minimum atomic E-state index is 0.349. The summed E-state index contributed by atoms with van der Waals surface area (Å²) in [4.78, 5) is 6.87. The van der Waals surface area contributed by atoms with E-state index < -0.39 is 0 Å². The zero-order valence-corrected chi connectivity index (χ0v) is 13.2. The van der Waals surface area contributed by atoms with Gasteiger partial charge in [0.1, 0.15) is 5.75 Å². The Morgan fingerprint density at radius 1 is 1.14 bits per heavy atom. The van der Waals surface area contributed by atoms with Crippen LogP contribution in [0.5, 0.6) is 5.75 Å². The molecular formula is C18H22N2O2. The smallest absolute Gasteiger partial charge is 0.119 e. The monoisotopic (exact) mass is 298 g/mol. The Kier molecular flexibility index (Phi) is 4.71. The highest BCUT2D eigenvalue weighted by atomic mass is 16.5. The summed E-state index contributed by atoms with van der Waals surface area (Å²) in [5.41, 5.74) is 3.49. The van der Waals surface area contributed by atoms with Crippen molar-refractivity contribution in [2.45, 2.75) is 13.0 Å². The summed E-state index contributed by atoms with van der Waals surface area (Å²) in [6, 6.07) is 10.7. The van der Waals surface area contributed by atoms with Crippen LogP contribution in [-0.4, -0.2) is 43.3 Å². The quantitative estimate of drug-likeness (QED) is 0.868. The van der Waals surface area contributed by atoms with E-state index in [2.05, 4.69) is 28.9 Å². The van der Waals surface area contributed by atoms with Crippen molar-refractivity contribution in [1.82, 2.24) is 9.88 Å². The zero-order valence-electron chi connectivity index (χ0n) is 13.2. The van der Waals surface area contributed by atoms with Gasteiger partial charge in [-0.2, -0.15) is 0 Å². The molecule has 22 heavy (non-hydrogen) atoms. The summed E-state index contributed by atoms with van der Waals surface area (Å²) in [7, 11) is 1.69. The van der Waals surface area contributed by atoms with E-state index in [9.17, 15) is 0 Å². The Bertz CT molecular complexity index is 624. The van der Waals surface area contributed by atoms with Crippen LogP contribution >= 0.6 is 0 Å². The van der Waals surface area contributed by atoms with Gasteiger partial charge in [-0.25, -0.2) is 0 Å². The summed E-state index contributed by atoms with van der Waals surface area (Å²) >= 11 is 0. The Balaban J connectivity index is 1.85. The Hall–Kier alpha value is -1.91. The van der Waals surface area contributed by atoms with Crippen LogP contribution in [0.2, 0.25) is 0 Å². The van der Waals surface area contributed by atoms with Gasteiger partial charge in [-0.3, -0.25) is 9.88 Å². The van der Waals surface area contributed by atoms with Crippen molar-refractivity contribution in [1.29, 1.82) is 0 Å². The van der Waals surface area contributed by atoms with Crippen LogP contribution in [0.25, 0.3) is 11.1 Å². The molecule has 0 aliphatic carbocycles. The number of methoxy groups -OCH3 is 1. The van der Waals surface area contributed by atoms with Gasteiger partial charge in [-0.05, 0) is 36.2 Å². The Labute approximate surface area is 131 Å². The largest absolute Gasteiger partial charge is 0.497 e. The summed E-state index contributed by atoms with van der Waals surface area (Å²) in [6.45, 7) is 5.81. The fraction of sp³-hybridized carbons (Fsp3) is 0.389. The molecule has 1 unspecified atom stereocenters. The number of benzene rings is 1. The number of ether oxygens (including phenoxy) is 2. The van der Waals surface area contributed by atoms with Gasteiger partial charge in [0, 0.05) is 37.1 Å². The fourth-order valence-electron chi connectivity index (χ4n) is 2.82. The standard InChI is InChI=1S/C18H22N2O2/c1-14(20-6-8-22-9-7-20)16-10-17(13-19-12-16)15-4-3-5-18(11-15)21-2/h3-5,10-14H,6-9H2,1-2H3. The van der Waals surface area contributed by atoms with E-state index in [0.717, 1.165) is 43.2 Å². The summed E-state index contributed by atoms with van der Waals surface area (Å²) in [5.74, 6) is 0.865. The molecule has 1 aromatic carbocycles. The molecular weight excluding hydrogens is 276 g/mol. The van der Waals surface area contributed by atoms with Crippen LogP contribution in [0.15, 0.2) is 42.7 Å². The van der Waals surface area contributed by atoms with Crippen molar-refractivity contribution < 1.29 is 9.47 Å². The van der Waals surface area contributed by atoms with Crippen LogP contribution in [0, 0.1) is 0 Å². The van der Waals surface area contributed by atoms with Crippen LogP contribution < -0.4 is 4.74 Å². The molecule has 2 aromatic rings. The maximum absolute atomic E-state index is 5.43. The Morgan fingerprint density at radius 3 is 2.73 bits per heavy atom. The number of pyridine rings is 1. The predicted octanol–water partition coefficient (Wildman–Crippen LogP) is 3.15. The number of hydrogen-bond donors (Lipinski definition) is 0. The molecule has 0 amide bonds. The fourth-order valence-corrected chi connectivity index (χ4v) is 2.82. The lowest BCUT2D eigenvalue weighted by Crippen LogP contribution is -2.38. The van der Waals surface area contributed by atoms with E-state index in [-0.39, 0.29) is 0 Å². The molecule has 4 heteroatoms.